The van der Waals surface area contributed by atoms with E-state index in [2.05, 4.69) is 10.6 Å². The molecule has 0 aromatic rings. The SMILES string of the molecule is CC(=O)NC1C(OCCCC(=O)NCCCCCCN)OC(CO)C(O)C1OI. The predicted molar refractivity (Wildman–Crippen MR) is 114 cm³/mol. The van der Waals surface area contributed by atoms with Gasteiger partial charge in [-0.2, -0.15) is 0 Å². The van der Waals surface area contributed by atoms with Gasteiger partial charge in [0.05, 0.1) is 13.2 Å². The quantitative estimate of drug-likeness (QED) is 0.152. The minimum Gasteiger partial charge on any atom is -0.394 e. The van der Waals surface area contributed by atoms with Gasteiger partial charge in [-0.15, -0.1) is 0 Å². The fourth-order valence-corrected chi connectivity index (χ4v) is 3.69. The maximum absolute atomic E-state index is 11.9. The van der Waals surface area contributed by atoms with E-state index in [1.165, 1.54) is 6.92 Å². The van der Waals surface area contributed by atoms with Crippen LogP contribution < -0.4 is 16.4 Å². The van der Waals surface area contributed by atoms with E-state index >= 15 is 0 Å². The lowest BCUT2D eigenvalue weighted by atomic mass is 9.97. The summed E-state index contributed by atoms with van der Waals surface area (Å²) >= 11 is 1.63. The van der Waals surface area contributed by atoms with Gasteiger partial charge in [-0.1, -0.05) is 12.8 Å². The lowest BCUT2D eigenvalue weighted by Gasteiger charge is -2.43. The number of rotatable bonds is 14. The summed E-state index contributed by atoms with van der Waals surface area (Å²) in [5.74, 6) is -0.376. The molecule has 29 heavy (non-hydrogen) atoms. The van der Waals surface area contributed by atoms with Crippen LogP contribution in [-0.2, 0) is 22.1 Å². The summed E-state index contributed by atoms with van der Waals surface area (Å²) in [4.78, 5) is 23.4. The molecule has 2 amide bonds. The number of hydrogen-bond acceptors (Lipinski definition) is 8. The minimum atomic E-state index is -1.12. The number of nitrogens with two attached hydrogens (primary N) is 1. The second-order valence-corrected chi connectivity index (χ2v) is 7.53. The standard InChI is InChI=1S/C18H34IN3O7/c1-12(24)22-15-17(29-19)16(26)13(11-23)28-18(15)27-10-6-7-14(25)21-9-5-3-2-4-8-20/h13,15-18,23,26H,2-11,20H2,1H3,(H,21,25)(H,22,24). The molecule has 0 aromatic carbocycles. The van der Waals surface area contributed by atoms with Crippen LogP contribution in [-0.4, -0.2) is 79.0 Å². The zero-order valence-electron chi connectivity index (χ0n) is 16.8. The van der Waals surface area contributed by atoms with Crippen LogP contribution in [0.3, 0.4) is 0 Å². The number of halogens is 1. The van der Waals surface area contributed by atoms with Crippen LogP contribution in [0.25, 0.3) is 0 Å². The van der Waals surface area contributed by atoms with Crippen molar-refractivity contribution in [2.45, 2.75) is 76.1 Å². The molecule has 1 rings (SSSR count). The molecule has 1 aliphatic rings. The first-order valence-corrected chi connectivity index (χ1v) is 10.9. The summed E-state index contributed by atoms with van der Waals surface area (Å²) in [7, 11) is 0. The fourth-order valence-electron chi connectivity index (χ4n) is 3.07. The first kappa shape index (κ1) is 26.5. The molecule has 5 atom stereocenters. The number of carbonyl (C=O) groups is 2. The first-order valence-electron chi connectivity index (χ1n) is 10.0. The average Bonchev–Trinajstić information content (AvgIpc) is 2.69. The molecular formula is C18H34IN3O7. The first-order chi connectivity index (χ1) is 13.9. The van der Waals surface area contributed by atoms with Crippen molar-refractivity contribution in [3.05, 3.63) is 0 Å². The highest BCUT2D eigenvalue weighted by molar-refractivity contribution is 14.1. The third-order valence-electron chi connectivity index (χ3n) is 4.61. The Kier molecular flexibility index (Phi) is 13.9. The van der Waals surface area contributed by atoms with Crippen LogP contribution in [0.4, 0.5) is 0 Å². The molecule has 0 saturated carbocycles. The zero-order valence-corrected chi connectivity index (χ0v) is 19.0. The molecule has 170 valence electrons. The van der Waals surface area contributed by atoms with Gasteiger partial charge in [-0.3, -0.25) is 9.59 Å². The van der Waals surface area contributed by atoms with Crippen molar-refractivity contribution in [1.29, 1.82) is 0 Å². The highest BCUT2D eigenvalue weighted by atomic mass is 127. The van der Waals surface area contributed by atoms with E-state index in [4.69, 9.17) is 18.3 Å². The molecule has 11 heteroatoms. The summed E-state index contributed by atoms with van der Waals surface area (Å²) in [6.07, 6.45) is 1.08. The molecule has 1 saturated heterocycles. The van der Waals surface area contributed by atoms with E-state index in [-0.39, 0.29) is 18.4 Å². The Morgan fingerprint density at radius 2 is 1.93 bits per heavy atom. The van der Waals surface area contributed by atoms with E-state index < -0.39 is 37.3 Å². The molecule has 0 bridgehead atoms. The lowest BCUT2D eigenvalue weighted by molar-refractivity contribution is -0.262. The van der Waals surface area contributed by atoms with Crippen molar-refractivity contribution in [1.82, 2.24) is 10.6 Å². The van der Waals surface area contributed by atoms with Gasteiger partial charge in [0.1, 0.15) is 47.4 Å². The maximum atomic E-state index is 11.9. The van der Waals surface area contributed by atoms with Gasteiger partial charge in [0.2, 0.25) is 11.8 Å². The average molecular weight is 531 g/mol. The van der Waals surface area contributed by atoms with Gasteiger partial charge >= 0.3 is 0 Å². The van der Waals surface area contributed by atoms with Gasteiger partial charge in [-0.05, 0) is 25.8 Å². The monoisotopic (exact) mass is 531 g/mol. The van der Waals surface area contributed by atoms with Crippen molar-refractivity contribution in [2.75, 3.05) is 26.3 Å². The molecule has 0 aliphatic carbocycles. The molecule has 1 heterocycles. The molecule has 5 unspecified atom stereocenters. The molecule has 1 aliphatic heterocycles. The summed E-state index contributed by atoms with van der Waals surface area (Å²) in [6, 6.07) is -0.746. The molecule has 0 aromatic heterocycles. The summed E-state index contributed by atoms with van der Waals surface area (Å²) in [6.45, 7) is 2.48. The van der Waals surface area contributed by atoms with E-state index in [0.29, 0.717) is 25.9 Å². The van der Waals surface area contributed by atoms with Gasteiger partial charge in [-0.25, -0.2) is 0 Å². The van der Waals surface area contributed by atoms with E-state index in [1.54, 1.807) is 23.0 Å². The van der Waals surface area contributed by atoms with E-state index in [9.17, 15) is 19.8 Å². The second kappa shape index (κ2) is 15.3. The zero-order chi connectivity index (χ0) is 21.6. The number of nitrogens with one attached hydrogen (secondary N) is 2. The van der Waals surface area contributed by atoms with Crippen LogP contribution >= 0.6 is 23.0 Å². The Bertz CT molecular complexity index is 486. The largest absolute Gasteiger partial charge is 0.394 e. The number of aliphatic hydroxyl groups excluding tert-OH is 2. The van der Waals surface area contributed by atoms with Crippen molar-refractivity contribution >= 4 is 34.8 Å². The number of ether oxygens (including phenoxy) is 2. The van der Waals surface area contributed by atoms with Crippen molar-refractivity contribution in [3.63, 3.8) is 0 Å². The Balaban J connectivity index is 2.39. The fraction of sp³-hybridized carbons (Fsp3) is 0.889. The van der Waals surface area contributed by atoms with Crippen molar-refractivity contribution < 1.29 is 32.3 Å². The topological polar surface area (TPSA) is 152 Å². The van der Waals surface area contributed by atoms with Crippen LogP contribution in [0.15, 0.2) is 0 Å². The van der Waals surface area contributed by atoms with Gasteiger partial charge < -0.3 is 39.1 Å². The summed E-state index contributed by atoms with van der Waals surface area (Å²) < 4.78 is 16.5. The lowest BCUT2D eigenvalue weighted by Crippen LogP contribution is -2.64. The number of amides is 2. The molecule has 6 N–H and O–H groups in total. The molecule has 10 nitrogen and oxygen atoms in total. The Morgan fingerprint density at radius 3 is 2.55 bits per heavy atom. The number of unbranched alkanes of at least 4 members (excludes halogenated alkanes) is 3. The number of carbonyl (C=O) groups excluding carboxylic acids is 2. The summed E-state index contributed by atoms with van der Waals surface area (Å²) in [5, 5.41) is 25.2. The van der Waals surface area contributed by atoms with Crippen LogP contribution in [0, 0.1) is 0 Å². The molecular weight excluding hydrogens is 497 g/mol. The Hall–Kier alpha value is -0.570. The Morgan fingerprint density at radius 1 is 1.21 bits per heavy atom. The highest BCUT2D eigenvalue weighted by Gasteiger charge is 2.46. The number of aliphatic hydroxyl groups is 2. The third kappa shape index (κ3) is 9.85. The number of hydrogen-bond donors (Lipinski definition) is 5. The van der Waals surface area contributed by atoms with Gasteiger partial charge in [0, 0.05) is 19.9 Å². The van der Waals surface area contributed by atoms with E-state index in [1.807, 2.05) is 0 Å². The molecule has 0 spiro atoms. The molecule has 1 fully saturated rings. The third-order valence-corrected chi connectivity index (χ3v) is 5.20. The van der Waals surface area contributed by atoms with E-state index in [0.717, 1.165) is 25.7 Å². The Labute approximate surface area is 185 Å². The van der Waals surface area contributed by atoms with Crippen molar-refractivity contribution in [3.8, 4) is 0 Å². The highest BCUT2D eigenvalue weighted by Crippen LogP contribution is 2.26. The van der Waals surface area contributed by atoms with Crippen molar-refractivity contribution in [2.24, 2.45) is 5.73 Å². The molecule has 0 radical (unpaired) electrons. The van der Waals surface area contributed by atoms with Crippen LogP contribution in [0.2, 0.25) is 0 Å². The van der Waals surface area contributed by atoms with Crippen LogP contribution in [0.1, 0.15) is 45.4 Å². The van der Waals surface area contributed by atoms with Crippen LogP contribution in [0.5, 0.6) is 0 Å². The van der Waals surface area contributed by atoms with Gasteiger partial charge in [0.15, 0.2) is 6.29 Å². The van der Waals surface area contributed by atoms with Gasteiger partial charge in [0.25, 0.3) is 0 Å². The second-order valence-electron chi connectivity index (χ2n) is 7.02. The minimum absolute atomic E-state index is 0.0486. The maximum Gasteiger partial charge on any atom is 0.220 e. The normalized spacial score (nSPS) is 26.9. The predicted octanol–water partition coefficient (Wildman–Crippen LogP) is -0.263. The smallest absolute Gasteiger partial charge is 0.220 e. The summed E-state index contributed by atoms with van der Waals surface area (Å²) in [5.41, 5.74) is 5.44.